The van der Waals surface area contributed by atoms with Gasteiger partial charge in [0.2, 0.25) is 6.73 Å². The number of fused-ring (bicyclic) bond motifs is 5. The van der Waals surface area contributed by atoms with Gasteiger partial charge in [-0.05, 0) is 30.7 Å². The quantitative estimate of drug-likeness (QED) is 0.337. The lowest BCUT2D eigenvalue weighted by atomic mass is 9.84. The molecule has 1 saturated heterocycles. The number of hydrogen-bond donors (Lipinski definition) is 0. The molecular weight excluding hydrogens is 386 g/mol. The summed E-state index contributed by atoms with van der Waals surface area (Å²) in [6.07, 6.45) is 3.59. The molecule has 154 valence electrons. The summed E-state index contributed by atoms with van der Waals surface area (Å²) in [5.41, 5.74) is 2.37. The van der Waals surface area contributed by atoms with E-state index in [0.29, 0.717) is 23.6 Å². The largest absolute Gasteiger partial charge is 0.457 e. The lowest BCUT2D eigenvalue weighted by Gasteiger charge is -2.29. The maximum atomic E-state index is 12.2. The fraction of sp³-hybridized carbons (Fsp3) is 0.458. The number of hydrogen-bond acceptors (Lipinski definition) is 3. The fourth-order valence-corrected chi connectivity index (χ4v) is 4.91. The predicted octanol–water partition coefficient (Wildman–Crippen LogP) is 5.85. The number of para-hydroxylation sites is 1. The van der Waals surface area contributed by atoms with E-state index in [0.717, 1.165) is 54.4 Å². The van der Waals surface area contributed by atoms with Crippen LogP contribution in [0.5, 0.6) is 11.5 Å². The first-order valence-electron chi connectivity index (χ1n) is 10.5. The number of unbranched alkanes of at least 4 members (excludes halogenated alkanes) is 2. The first-order chi connectivity index (χ1) is 14.0. The highest BCUT2D eigenvalue weighted by molar-refractivity contribution is 6.30. The maximum absolute atomic E-state index is 12.2. The molecule has 1 fully saturated rings. The number of likely N-dealkylation sites (tertiary alicyclic amines) is 1. The second kappa shape index (κ2) is 8.37. The van der Waals surface area contributed by atoms with Gasteiger partial charge in [0.1, 0.15) is 11.5 Å². The number of carbonyl (C=O) groups is 1. The van der Waals surface area contributed by atoms with Crippen molar-refractivity contribution in [1.29, 1.82) is 0 Å². The minimum atomic E-state index is -0.0860. The first-order valence-corrected chi connectivity index (χ1v) is 10.9. The Morgan fingerprint density at radius 1 is 1.10 bits per heavy atom. The van der Waals surface area contributed by atoms with Crippen LogP contribution in [0.4, 0.5) is 0 Å². The molecule has 0 radical (unpaired) electrons. The normalized spacial score (nSPS) is 24.7. The van der Waals surface area contributed by atoms with E-state index in [4.69, 9.17) is 21.1 Å². The molecule has 3 atom stereocenters. The number of halogens is 1. The average molecular weight is 415 g/mol. The molecule has 3 unspecified atom stereocenters. The summed E-state index contributed by atoms with van der Waals surface area (Å²) < 4.78 is 12.7. The van der Waals surface area contributed by atoms with E-state index in [-0.39, 0.29) is 11.9 Å². The van der Waals surface area contributed by atoms with Crippen LogP contribution in [0.1, 0.15) is 55.6 Å². The first kappa shape index (κ1) is 20.2. The molecule has 4 rings (SSSR count). The number of quaternary nitrogens is 1. The number of carbonyl (C=O) groups excluding carboxylic acids is 1. The summed E-state index contributed by atoms with van der Waals surface area (Å²) in [6.45, 7) is 4.34. The molecule has 0 spiro atoms. The van der Waals surface area contributed by atoms with Gasteiger partial charge in [0.25, 0.3) is 0 Å². The van der Waals surface area contributed by atoms with Crippen LogP contribution in [0, 0.1) is 0 Å². The number of nitrogens with zero attached hydrogens (tertiary/aromatic N) is 1. The SMILES string of the molecule is CCCCCC(=O)OC[N+]1(C)CC2c3ccccc3Oc3ccc(Cl)cc3C2C1. The molecule has 0 bridgehead atoms. The van der Waals surface area contributed by atoms with Gasteiger partial charge in [-0.1, -0.05) is 49.6 Å². The van der Waals surface area contributed by atoms with E-state index in [2.05, 4.69) is 26.1 Å². The number of likely N-dealkylation sites (N-methyl/N-ethyl adjacent to an activating group) is 1. The van der Waals surface area contributed by atoms with E-state index >= 15 is 0 Å². The molecule has 29 heavy (non-hydrogen) atoms. The van der Waals surface area contributed by atoms with E-state index in [1.165, 1.54) is 5.56 Å². The van der Waals surface area contributed by atoms with Crippen LogP contribution >= 0.6 is 11.6 Å². The lowest BCUT2D eigenvalue weighted by Crippen LogP contribution is -2.44. The Labute approximate surface area is 178 Å². The summed E-state index contributed by atoms with van der Waals surface area (Å²) in [5, 5.41) is 0.723. The summed E-state index contributed by atoms with van der Waals surface area (Å²) in [7, 11) is 2.18. The monoisotopic (exact) mass is 414 g/mol. The summed E-state index contributed by atoms with van der Waals surface area (Å²) in [5.74, 6) is 2.27. The molecule has 0 amide bonds. The minimum absolute atomic E-state index is 0.0860. The summed E-state index contributed by atoms with van der Waals surface area (Å²) in [6, 6.07) is 14.2. The Bertz CT molecular complexity index is 899. The average Bonchev–Trinajstić information content (AvgIpc) is 3.01. The van der Waals surface area contributed by atoms with Gasteiger partial charge in [0, 0.05) is 34.4 Å². The number of rotatable bonds is 6. The van der Waals surface area contributed by atoms with Crippen LogP contribution in [-0.2, 0) is 9.53 Å². The van der Waals surface area contributed by atoms with E-state index < -0.39 is 0 Å². The Balaban J connectivity index is 1.58. The standard InChI is InChI=1S/C24H29ClNO3/c1-3-4-5-10-24(27)28-16-26(2)14-20-18-8-6-7-9-22(18)29-23-12-11-17(25)13-19(23)21(20)15-26/h6-9,11-13,20-21H,3-5,10,14-16H2,1-2H3/q+1. The smallest absolute Gasteiger partial charge is 0.310 e. The van der Waals surface area contributed by atoms with Crippen molar-refractivity contribution >= 4 is 17.6 Å². The third-order valence-corrected chi connectivity index (χ3v) is 6.43. The van der Waals surface area contributed by atoms with Gasteiger partial charge in [0.05, 0.1) is 20.1 Å². The zero-order valence-electron chi connectivity index (χ0n) is 17.2. The van der Waals surface area contributed by atoms with Crippen molar-refractivity contribution in [2.24, 2.45) is 0 Å². The van der Waals surface area contributed by atoms with Crippen molar-refractivity contribution in [3.8, 4) is 11.5 Å². The van der Waals surface area contributed by atoms with Crippen LogP contribution in [0.2, 0.25) is 5.02 Å². The molecule has 2 aliphatic rings. The lowest BCUT2D eigenvalue weighted by molar-refractivity contribution is -0.915. The molecule has 0 aromatic heterocycles. The number of ether oxygens (including phenoxy) is 2. The van der Waals surface area contributed by atoms with Crippen LogP contribution < -0.4 is 4.74 Å². The van der Waals surface area contributed by atoms with Crippen LogP contribution in [0.15, 0.2) is 42.5 Å². The number of esters is 1. The van der Waals surface area contributed by atoms with Gasteiger partial charge in [-0.25, -0.2) is 0 Å². The maximum Gasteiger partial charge on any atom is 0.310 e. The van der Waals surface area contributed by atoms with Gasteiger partial charge >= 0.3 is 5.97 Å². The van der Waals surface area contributed by atoms with Gasteiger partial charge < -0.3 is 9.47 Å². The van der Waals surface area contributed by atoms with E-state index in [1.54, 1.807) is 0 Å². The Morgan fingerprint density at radius 2 is 1.83 bits per heavy atom. The zero-order valence-corrected chi connectivity index (χ0v) is 18.0. The molecule has 5 heteroatoms. The van der Waals surface area contributed by atoms with Crippen LogP contribution in [-0.4, -0.2) is 37.3 Å². The summed E-state index contributed by atoms with van der Waals surface area (Å²) in [4.78, 5) is 12.2. The molecule has 2 aromatic carbocycles. The molecule has 0 saturated carbocycles. The van der Waals surface area contributed by atoms with Crippen molar-refractivity contribution < 1.29 is 18.8 Å². The van der Waals surface area contributed by atoms with Gasteiger partial charge in [-0.2, -0.15) is 0 Å². The molecule has 0 aliphatic carbocycles. The van der Waals surface area contributed by atoms with Crippen molar-refractivity contribution in [2.45, 2.75) is 44.4 Å². The second-order valence-corrected chi connectivity index (χ2v) is 9.06. The number of benzene rings is 2. The summed E-state index contributed by atoms with van der Waals surface area (Å²) >= 11 is 6.34. The van der Waals surface area contributed by atoms with Gasteiger partial charge in [0.15, 0.2) is 0 Å². The highest BCUT2D eigenvalue weighted by Gasteiger charge is 2.48. The van der Waals surface area contributed by atoms with Crippen molar-refractivity contribution in [3.63, 3.8) is 0 Å². The molecular formula is C24H29ClNO3+. The fourth-order valence-electron chi connectivity index (χ4n) is 4.73. The third-order valence-electron chi connectivity index (χ3n) is 6.19. The zero-order chi connectivity index (χ0) is 20.4. The minimum Gasteiger partial charge on any atom is -0.457 e. The molecule has 2 heterocycles. The molecule has 4 nitrogen and oxygen atoms in total. The molecule has 2 aromatic rings. The Kier molecular flexibility index (Phi) is 5.84. The Morgan fingerprint density at radius 3 is 2.62 bits per heavy atom. The third kappa shape index (κ3) is 4.29. The highest BCUT2D eigenvalue weighted by Crippen LogP contribution is 2.51. The van der Waals surface area contributed by atoms with E-state index in [9.17, 15) is 4.79 Å². The predicted molar refractivity (Wildman–Crippen MR) is 114 cm³/mol. The van der Waals surface area contributed by atoms with Gasteiger partial charge in [-0.3, -0.25) is 9.28 Å². The van der Waals surface area contributed by atoms with Crippen molar-refractivity contribution in [1.82, 2.24) is 0 Å². The second-order valence-electron chi connectivity index (χ2n) is 8.62. The van der Waals surface area contributed by atoms with Gasteiger partial charge in [-0.15, -0.1) is 0 Å². The van der Waals surface area contributed by atoms with Crippen molar-refractivity contribution in [3.05, 3.63) is 58.6 Å². The van der Waals surface area contributed by atoms with Crippen LogP contribution in [0.3, 0.4) is 0 Å². The van der Waals surface area contributed by atoms with E-state index in [1.807, 2.05) is 30.3 Å². The van der Waals surface area contributed by atoms with Crippen molar-refractivity contribution in [2.75, 3.05) is 26.9 Å². The van der Waals surface area contributed by atoms with Crippen LogP contribution in [0.25, 0.3) is 0 Å². The topological polar surface area (TPSA) is 35.5 Å². The Hall–Kier alpha value is -2.04. The molecule has 0 N–H and O–H groups in total. The molecule has 2 aliphatic heterocycles. The highest BCUT2D eigenvalue weighted by atomic mass is 35.5.